The maximum absolute atomic E-state index is 11.8. The summed E-state index contributed by atoms with van der Waals surface area (Å²) >= 11 is 0. The van der Waals surface area contributed by atoms with Crippen molar-refractivity contribution in [3.8, 4) is 0 Å². The molecule has 9 heteroatoms. The van der Waals surface area contributed by atoms with Crippen molar-refractivity contribution in [2.45, 2.75) is 92.1 Å². The van der Waals surface area contributed by atoms with E-state index in [0.29, 0.717) is 13.2 Å². The molecule has 0 saturated carbocycles. The summed E-state index contributed by atoms with van der Waals surface area (Å²) in [6.07, 6.45) is 1.90. The van der Waals surface area contributed by atoms with E-state index in [1.54, 1.807) is 20.8 Å². The van der Waals surface area contributed by atoms with E-state index in [4.69, 9.17) is 29.8 Å². The summed E-state index contributed by atoms with van der Waals surface area (Å²) in [4.78, 5) is 15.0. The van der Waals surface area contributed by atoms with Crippen LogP contribution in [0.2, 0.25) is 0 Å². The molecular formula is C22H42NNiO6P. The molecule has 1 fully saturated rings. The molecule has 1 rings (SSSR count). The molecule has 0 N–H and O–H groups in total. The van der Waals surface area contributed by atoms with Crippen LogP contribution in [0.4, 0.5) is 0 Å². The number of hydrogen-bond donors (Lipinski definition) is 0. The monoisotopic (exact) mass is 505 g/mol. The second-order valence-corrected chi connectivity index (χ2v) is 8.31. The molecule has 0 bridgehead atoms. The molecule has 0 spiro atoms. The first-order valence-corrected chi connectivity index (χ1v) is 11.3. The zero-order chi connectivity index (χ0) is 23.6. The Labute approximate surface area is 202 Å². The Morgan fingerprint density at radius 1 is 1.16 bits per heavy atom. The Morgan fingerprint density at radius 2 is 1.71 bits per heavy atom. The van der Waals surface area contributed by atoms with Crippen LogP contribution in [0.15, 0.2) is 0 Å². The van der Waals surface area contributed by atoms with Crippen LogP contribution in [0.25, 0.3) is 4.85 Å². The van der Waals surface area contributed by atoms with Crippen LogP contribution in [-0.4, -0.2) is 50.3 Å². The average molecular weight is 506 g/mol. The van der Waals surface area contributed by atoms with Crippen molar-refractivity contribution in [2.75, 3.05) is 19.9 Å². The molecular weight excluding hydrogens is 464 g/mol. The van der Waals surface area contributed by atoms with Crippen LogP contribution >= 0.6 is 9.03 Å². The first-order valence-electron chi connectivity index (χ1n) is 10.5. The van der Waals surface area contributed by atoms with Crippen LogP contribution < -0.4 is 0 Å². The minimum atomic E-state index is -0.568. The van der Waals surface area contributed by atoms with Gasteiger partial charge in [0.1, 0.15) is 18.8 Å². The van der Waals surface area contributed by atoms with Gasteiger partial charge in [0.25, 0.3) is 0 Å². The first kappa shape index (κ1) is 35.3. The largest absolute Gasteiger partial charge is 2.00 e. The van der Waals surface area contributed by atoms with Crippen LogP contribution in [0.3, 0.4) is 0 Å². The van der Waals surface area contributed by atoms with Gasteiger partial charge in [0, 0.05) is 0 Å². The molecule has 1 heterocycles. The van der Waals surface area contributed by atoms with Crippen molar-refractivity contribution >= 4 is 15.0 Å². The number of hydrogen-bond acceptors (Lipinski definition) is 6. The molecule has 0 amide bonds. The molecule has 7 nitrogen and oxygen atoms in total. The summed E-state index contributed by atoms with van der Waals surface area (Å²) in [7, 11) is -0.179. The van der Waals surface area contributed by atoms with Crippen LogP contribution in [0.5, 0.6) is 0 Å². The van der Waals surface area contributed by atoms with Crippen molar-refractivity contribution in [2.24, 2.45) is 5.41 Å². The van der Waals surface area contributed by atoms with E-state index in [1.807, 2.05) is 27.7 Å². The minimum Gasteiger partial charge on any atom is -0.438 e. The van der Waals surface area contributed by atoms with E-state index < -0.39 is 5.41 Å². The first-order chi connectivity index (χ1) is 14.1. The van der Waals surface area contributed by atoms with E-state index in [1.165, 1.54) is 0 Å². The number of carbonyl (C=O) groups excluding carboxylic acids is 1. The molecule has 5 atom stereocenters. The Bertz CT molecular complexity index is 468. The van der Waals surface area contributed by atoms with Gasteiger partial charge in [0.2, 0.25) is 6.54 Å². The van der Waals surface area contributed by atoms with Gasteiger partial charge in [-0.15, -0.1) is 0 Å². The molecule has 1 saturated heterocycles. The van der Waals surface area contributed by atoms with Gasteiger partial charge in [-0.05, 0) is 34.1 Å². The topological polar surface area (TPSA) is 67.6 Å². The molecule has 31 heavy (non-hydrogen) atoms. The SMILES string of the molecule is [C-]#[N+]CCOPOC1[C@@H](CC)O[C@@H](C)[C@H]1OCOC(=O)C(C)(C)C.[CH2-]CC.[CH2-]CC.[Ni+2]. The predicted octanol–water partition coefficient (Wildman–Crippen LogP) is 5.40. The van der Waals surface area contributed by atoms with E-state index in [2.05, 4.69) is 18.7 Å². The average Bonchev–Trinajstić information content (AvgIpc) is 2.97. The van der Waals surface area contributed by atoms with Gasteiger partial charge in [-0.25, -0.2) is 6.57 Å². The predicted molar refractivity (Wildman–Crippen MR) is 122 cm³/mol. The minimum absolute atomic E-state index is 0. The fourth-order valence-corrected chi connectivity index (χ4v) is 2.86. The summed E-state index contributed by atoms with van der Waals surface area (Å²) < 4.78 is 27.8. The standard InChI is InChI=1S/C16H28NO6P.2C3H7.Ni/c1-7-12-14(23-24-21-9-8-17-6)13(11(2)22-12)19-10-20-15(18)16(3,4)5;2*1-3-2;/h11-14,24H,7-10H2,1-5H3;2*1,3H2,2H3;/q;2*-1;+2/t11-,12+,13+,14?;;;/m0.../s1. The van der Waals surface area contributed by atoms with Gasteiger partial charge in [-0.3, -0.25) is 4.79 Å². The van der Waals surface area contributed by atoms with E-state index in [9.17, 15) is 4.79 Å². The van der Waals surface area contributed by atoms with Gasteiger partial charge < -0.3 is 42.0 Å². The third-order valence-electron chi connectivity index (χ3n) is 3.56. The molecule has 0 radical (unpaired) electrons. The Kier molecular flexibility index (Phi) is 24.6. The van der Waals surface area contributed by atoms with Crippen LogP contribution in [0.1, 0.15) is 67.7 Å². The number of rotatable bonds is 9. The third-order valence-corrected chi connectivity index (χ3v) is 4.25. The summed E-state index contributed by atoms with van der Waals surface area (Å²) in [5, 5.41) is 0. The Morgan fingerprint density at radius 3 is 2.16 bits per heavy atom. The molecule has 1 aliphatic heterocycles. The molecule has 0 aromatic carbocycles. The van der Waals surface area contributed by atoms with Gasteiger partial charge in [0.15, 0.2) is 15.8 Å². The van der Waals surface area contributed by atoms with Gasteiger partial charge in [0.05, 0.1) is 17.6 Å². The fourth-order valence-electron chi connectivity index (χ4n) is 2.22. The molecule has 186 valence electrons. The van der Waals surface area contributed by atoms with E-state index >= 15 is 0 Å². The maximum Gasteiger partial charge on any atom is 2.00 e. The van der Waals surface area contributed by atoms with E-state index in [-0.39, 0.29) is 62.7 Å². The van der Waals surface area contributed by atoms with Gasteiger partial charge in [-0.1, -0.05) is 20.8 Å². The fraction of sp³-hybridized carbons (Fsp3) is 0.818. The summed E-state index contributed by atoms with van der Waals surface area (Å²) in [6, 6.07) is 0. The molecule has 0 aromatic heterocycles. The molecule has 0 aliphatic carbocycles. The molecule has 2 unspecified atom stereocenters. The van der Waals surface area contributed by atoms with Crippen molar-refractivity contribution in [3.63, 3.8) is 0 Å². The normalized spacial score (nSPS) is 22.5. The summed E-state index contributed by atoms with van der Waals surface area (Å²) in [5.41, 5.74) is -0.568. The smallest absolute Gasteiger partial charge is 0.438 e. The van der Waals surface area contributed by atoms with E-state index in [0.717, 1.165) is 19.3 Å². The van der Waals surface area contributed by atoms with Crippen LogP contribution in [-0.2, 0) is 44.5 Å². The summed E-state index contributed by atoms with van der Waals surface area (Å²) in [5.74, 6) is -0.317. The van der Waals surface area contributed by atoms with Crippen molar-refractivity contribution < 1.29 is 44.5 Å². The van der Waals surface area contributed by atoms with Crippen molar-refractivity contribution in [3.05, 3.63) is 25.3 Å². The number of carbonyl (C=O) groups is 1. The number of nitrogens with zero attached hydrogens (tertiary/aromatic N) is 1. The second-order valence-electron chi connectivity index (χ2n) is 7.61. The van der Waals surface area contributed by atoms with Gasteiger partial charge >= 0.3 is 22.5 Å². The zero-order valence-electron chi connectivity index (χ0n) is 20.2. The number of ether oxygens (including phenoxy) is 3. The maximum atomic E-state index is 11.8. The molecule has 1 aliphatic rings. The van der Waals surface area contributed by atoms with Crippen molar-refractivity contribution in [1.29, 1.82) is 0 Å². The quantitative estimate of drug-likeness (QED) is 0.104. The Balaban J connectivity index is -0.000001000. The third kappa shape index (κ3) is 16.9. The second kappa shape index (κ2) is 21.6. The number of esters is 1. The molecule has 0 aromatic rings. The summed E-state index contributed by atoms with van der Waals surface area (Å²) in [6.45, 7) is 27.5. The van der Waals surface area contributed by atoms with Crippen LogP contribution in [0, 0.1) is 25.8 Å². The Hall–Kier alpha value is -0.276. The van der Waals surface area contributed by atoms with Gasteiger partial charge in [-0.2, -0.15) is 12.8 Å². The van der Waals surface area contributed by atoms with Crippen molar-refractivity contribution in [1.82, 2.24) is 0 Å². The zero-order valence-corrected chi connectivity index (χ0v) is 22.2.